The summed E-state index contributed by atoms with van der Waals surface area (Å²) in [5.41, 5.74) is 0. The quantitative estimate of drug-likeness (QED) is 0.602. The van der Waals surface area contributed by atoms with Gasteiger partial charge in [0.25, 0.3) is 0 Å². The molecule has 0 N–H and O–H groups in total. The summed E-state index contributed by atoms with van der Waals surface area (Å²) in [7, 11) is 0. The van der Waals surface area contributed by atoms with E-state index in [1.807, 2.05) is 0 Å². The fourth-order valence-electron chi connectivity index (χ4n) is 1.95. The summed E-state index contributed by atoms with van der Waals surface area (Å²) >= 11 is 5.77. The molecular weight excluding hydrogens is 160 g/mol. The van der Waals surface area contributed by atoms with Crippen molar-refractivity contribution in [1.82, 2.24) is 0 Å². The van der Waals surface area contributed by atoms with Crippen molar-refractivity contribution in [2.75, 3.05) is 5.88 Å². The van der Waals surface area contributed by atoms with Gasteiger partial charge in [-0.15, -0.1) is 11.6 Å². The van der Waals surface area contributed by atoms with Crippen LogP contribution < -0.4 is 0 Å². The van der Waals surface area contributed by atoms with Gasteiger partial charge in [-0.1, -0.05) is 6.42 Å². The van der Waals surface area contributed by atoms with E-state index in [2.05, 4.69) is 0 Å². The van der Waals surface area contributed by atoms with Gasteiger partial charge in [0.2, 0.25) is 0 Å². The molecule has 0 aromatic heterocycles. The minimum absolute atomic E-state index is 0.312. The minimum Gasteiger partial charge on any atom is -0.300 e. The largest absolute Gasteiger partial charge is 0.300 e. The smallest absolute Gasteiger partial charge is 0.130 e. The number of carbonyl (C=O) groups excluding carboxylic acids is 1. The van der Waals surface area contributed by atoms with Gasteiger partial charge < -0.3 is 4.79 Å². The summed E-state index contributed by atoms with van der Waals surface area (Å²) in [6, 6.07) is 0. The monoisotopic (exact) mass is 174 g/mol. The normalized spacial score (nSPS) is 30.7. The van der Waals surface area contributed by atoms with Gasteiger partial charge in [-0.25, -0.2) is 0 Å². The van der Waals surface area contributed by atoms with Crippen LogP contribution in [0.4, 0.5) is 0 Å². The summed E-state index contributed by atoms with van der Waals surface area (Å²) in [6.07, 6.45) is 4.44. The van der Waals surface area contributed by atoms with E-state index in [0.29, 0.717) is 17.6 Å². The van der Waals surface area contributed by atoms with E-state index in [-0.39, 0.29) is 0 Å². The van der Waals surface area contributed by atoms with Crippen LogP contribution in [-0.4, -0.2) is 11.7 Å². The van der Waals surface area contributed by atoms with E-state index in [4.69, 9.17) is 11.6 Å². The first kappa shape index (κ1) is 9.05. The molecule has 1 rings (SSSR count). The zero-order valence-corrected chi connectivity index (χ0v) is 7.73. The van der Waals surface area contributed by atoms with E-state index in [9.17, 15) is 4.79 Å². The number of carbonyl (C=O) groups is 1. The van der Waals surface area contributed by atoms with Crippen LogP contribution in [0.2, 0.25) is 0 Å². The third-order valence-electron chi connectivity index (χ3n) is 2.56. The zero-order valence-electron chi connectivity index (χ0n) is 6.98. The average molecular weight is 175 g/mol. The molecule has 1 fully saturated rings. The van der Waals surface area contributed by atoms with Crippen LogP contribution in [0.15, 0.2) is 0 Å². The van der Waals surface area contributed by atoms with E-state index in [1.165, 1.54) is 19.3 Å². The van der Waals surface area contributed by atoms with Crippen molar-refractivity contribution in [2.24, 2.45) is 11.8 Å². The topological polar surface area (TPSA) is 17.1 Å². The molecule has 2 atom stereocenters. The summed E-state index contributed by atoms with van der Waals surface area (Å²) in [6.45, 7) is 1.67. The lowest BCUT2D eigenvalue weighted by atomic mass is 9.93. The molecule has 1 aliphatic carbocycles. The lowest BCUT2D eigenvalue weighted by Gasteiger charge is -2.14. The molecule has 1 nitrogen and oxygen atoms in total. The first-order valence-corrected chi connectivity index (χ1v) is 4.83. The molecule has 1 saturated carbocycles. The van der Waals surface area contributed by atoms with Crippen LogP contribution in [0, 0.1) is 11.8 Å². The second-order valence-corrected chi connectivity index (χ2v) is 3.82. The van der Waals surface area contributed by atoms with Crippen LogP contribution >= 0.6 is 11.6 Å². The Bertz CT molecular complexity index is 144. The molecule has 2 heteroatoms. The van der Waals surface area contributed by atoms with E-state index >= 15 is 0 Å². The van der Waals surface area contributed by atoms with Gasteiger partial charge in [-0.2, -0.15) is 0 Å². The maximum atomic E-state index is 10.8. The van der Waals surface area contributed by atoms with Gasteiger partial charge >= 0.3 is 0 Å². The number of hydrogen-bond acceptors (Lipinski definition) is 1. The Hall–Kier alpha value is -0.0400. The Labute approximate surface area is 73.1 Å². The fraction of sp³-hybridized carbons (Fsp3) is 0.889. The Kier molecular flexibility index (Phi) is 3.38. The first-order valence-electron chi connectivity index (χ1n) is 4.29. The minimum atomic E-state index is 0.312. The van der Waals surface area contributed by atoms with Crippen LogP contribution in [0.3, 0.4) is 0 Å². The van der Waals surface area contributed by atoms with Crippen LogP contribution in [0.25, 0.3) is 0 Å². The van der Waals surface area contributed by atoms with Crippen LogP contribution in [-0.2, 0) is 4.79 Å². The SMILES string of the molecule is CC(=O)C[C@H]1CCC[C@H]1CCl. The number of ketones is 1. The van der Waals surface area contributed by atoms with Crippen molar-refractivity contribution in [1.29, 1.82) is 0 Å². The van der Waals surface area contributed by atoms with Crippen LogP contribution in [0.1, 0.15) is 32.6 Å². The number of rotatable bonds is 3. The lowest BCUT2D eigenvalue weighted by Crippen LogP contribution is -2.12. The molecule has 0 heterocycles. The van der Waals surface area contributed by atoms with Gasteiger partial charge in [-0.3, -0.25) is 0 Å². The molecule has 0 amide bonds. The molecule has 0 aromatic rings. The Morgan fingerprint density at radius 1 is 1.45 bits per heavy atom. The van der Waals surface area contributed by atoms with Gasteiger partial charge in [0.15, 0.2) is 0 Å². The molecule has 0 radical (unpaired) electrons. The van der Waals surface area contributed by atoms with Crippen molar-refractivity contribution in [3.05, 3.63) is 0 Å². The van der Waals surface area contributed by atoms with Crippen LogP contribution in [0.5, 0.6) is 0 Å². The highest BCUT2D eigenvalue weighted by atomic mass is 35.5. The Morgan fingerprint density at radius 3 is 2.64 bits per heavy atom. The average Bonchev–Trinajstić information content (AvgIpc) is 2.34. The number of alkyl halides is 1. The highest BCUT2D eigenvalue weighted by molar-refractivity contribution is 6.18. The van der Waals surface area contributed by atoms with Gasteiger partial charge in [0, 0.05) is 12.3 Å². The third kappa shape index (κ3) is 2.48. The maximum Gasteiger partial charge on any atom is 0.130 e. The lowest BCUT2D eigenvalue weighted by molar-refractivity contribution is -0.118. The van der Waals surface area contributed by atoms with Gasteiger partial charge in [0.05, 0.1) is 0 Å². The molecule has 1 aliphatic rings. The zero-order chi connectivity index (χ0) is 8.27. The van der Waals surface area contributed by atoms with Crippen molar-refractivity contribution in [3.8, 4) is 0 Å². The van der Waals surface area contributed by atoms with Gasteiger partial charge in [-0.05, 0) is 31.6 Å². The molecule has 0 aliphatic heterocycles. The molecule has 0 aromatic carbocycles. The van der Waals surface area contributed by atoms with Gasteiger partial charge in [0.1, 0.15) is 5.78 Å². The fourth-order valence-corrected chi connectivity index (χ4v) is 2.36. The van der Waals surface area contributed by atoms with Crippen molar-refractivity contribution in [3.63, 3.8) is 0 Å². The van der Waals surface area contributed by atoms with E-state index in [1.54, 1.807) is 6.92 Å². The molecule has 0 spiro atoms. The molecule has 0 saturated heterocycles. The van der Waals surface area contributed by atoms with E-state index in [0.717, 1.165) is 12.3 Å². The number of Topliss-reactive ketones (excluding diaryl/α,β-unsaturated/α-hetero) is 1. The molecule has 11 heavy (non-hydrogen) atoms. The summed E-state index contributed by atoms with van der Waals surface area (Å²) in [4.78, 5) is 10.8. The van der Waals surface area contributed by atoms with Crippen molar-refractivity contribution < 1.29 is 4.79 Å². The first-order chi connectivity index (χ1) is 5.24. The number of halogens is 1. The third-order valence-corrected chi connectivity index (χ3v) is 2.96. The second kappa shape index (κ2) is 4.10. The second-order valence-electron chi connectivity index (χ2n) is 3.51. The Morgan fingerprint density at radius 2 is 2.09 bits per heavy atom. The van der Waals surface area contributed by atoms with Crippen molar-refractivity contribution >= 4 is 17.4 Å². The summed E-state index contributed by atoms with van der Waals surface area (Å²) in [5, 5.41) is 0. The predicted octanol–water partition coefficient (Wildman–Crippen LogP) is 2.62. The Balaban J connectivity index is 2.37. The molecule has 0 unspecified atom stereocenters. The van der Waals surface area contributed by atoms with Crippen molar-refractivity contribution in [2.45, 2.75) is 32.6 Å². The standard InChI is InChI=1S/C9H15ClO/c1-7(11)5-8-3-2-4-9(8)6-10/h8-9H,2-6H2,1H3/t8-,9+/m1/s1. The molecular formula is C9H15ClO. The summed E-state index contributed by atoms with van der Waals surface area (Å²) in [5.74, 6) is 2.25. The highest BCUT2D eigenvalue weighted by Gasteiger charge is 2.26. The molecule has 0 bridgehead atoms. The molecule has 64 valence electrons. The highest BCUT2D eigenvalue weighted by Crippen LogP contribution is 2.34. The predicted molar refractivity (Wildman–Crippen MR) is 46.8 cm³/mol. The maximum absolute atomic E-state index is 10.8. The van der Waals surface area contributed by atoms with E-state index < -0.39 is 0 Å². The number of hydrogen-bond donors (Lipinski definition) is 0. The summed E-state index contributed by atoms with van der Waals surface area (Å²) < 4.78 is 0.